The molecule has 0 radical (unpaired) electrons. The highest BCUT2D eigenvalue weighted by Crippen LogP contribution is 2.53. The molecule has 2 atom stereocenters. The molecule has 0 aliphatic heterocycles. The summed E-state index contributed by atoms with van der Waals surface area (Å²) >= 11 is 0. The van der Waals surface area contributed by atoms with Crippen molar-refractivity contribution in [3.05, 3.63) is 71.8 Å². The Labute approximate surface area is 181 Å². The van der Waals surface area contributed by atoms with E-state index in [0.29, 0.717) is 0 Å². The van der Waals surface area contributed by atoms with E-state index in [1.165, 1.54) is 0 Å². The van der Waals surface area contributed by atoms with E-state index in [2.05, 4.69) is 44.5 Å². The summed E-state index contributed by atoms with van der Waals surface area (Å²) in [6.07, 6.45) is -0.351. The Morgan fingerprint density at radius 3 is 1.40 bits per heavy atom. The number of nitrogens with zero attached hydrogens (tertiary/aromatic N) is 3. The number of benzene rings is 2. The first-order valence-electron chi connectivity index (χ1n) is 10.2. The van der Waals surface area contributed by atoms with Crippen molar-refractivity contribution in [2.75, 3.05) is 0 Å². The number of hydrogen-bond acceptors (Lipinski definition) is 5. The second kappa shape index (κ2) is 12.4. The lowest BCUT2D eigenvalue weighted by atomic mass is 10.1. The lowest BCUT2D eigenvalue weighted by molar-refractivity contribution is 0.104. The quantitative estimate of drug-likeness (QED) is 0.377. The van der Waals surface area contributed by atoms with Gasteiger partial charge in [-0.2, -0.15) is 10.5 Å². The van der Waals surface area contributed by atoms with Gasteiger partial charge in [-0.25, -0.2) is 4.67 Å². The van der Waals surface area contributed by atoms with E-state index in [4.69, 9.17) is 9.05 Å². The Morgan fingerprint density at radius 2 is 1.10 bits per heavy atom. The second-order valence-electron chi connectivity index (χ2n) is 7.54. The molecular weight excluding hydrogens is 393 g/mol. The van der Waals surface area contributed by atoms with Gasteiger partial charge in [-0.3, -0.25) is 0 Å². The van der Waals surface area contributed by atoms with Crippen LogP contribution in [0.1, 0.15) is 63.9 Å². The molecule has 6 heteroatoms. The van der Waals surface area contributed by atoms with Gasteiger partial charge in [0.05, 0.1) is 25.0 Å². The Morgan fingerprint density at radius 1 is 0.733 bits per heavy atom. The van der Waals surface area contributed by atoms with Crippen LogP contribution in [0, 0.1) is 22.7 Å². The topological polar surface area (TPSA) is 69.3 Å². The molecule has 158 valence electrons. The number of hydrogen-bond donors (Lipinski definition) is 0. The molecule has 2 aromatic carbocycles. The molecule has 30 heavy (non-hydrogen) atoms. The van der Waals surface area contributed by atoms with Crippen molar-refractivity contribution >= 4 is 8.53 Å². The van der Waals surface area contributed by atoms with Crippen molar-refractivity contribution in [2.24, 2.45) is 0 Å². The minimum Gasteiger partial charge on any atom is -0.313 e. The van der Waals surface area contributed by atoms with Crippen molar-refractivity contribution in [1.29, 1.82) is 10.5 Å². The summed E-state index contributed by atoms with van der Waals surface area (Å²) in [5, 5.41) is 18.8. The van der Waals surface area contributed by atoms with E-state index < -0.39 is 20.7 Å². The third-order valence-electron chi connectivity index (χ3n) is 4.58. The Bertz CT molecular complexity index is 762. The molecular formula is C24H30N3O2P. The zero-order valence-electron chi connectivity index (χ0n) is 18.1. The van der Waals surface area contributed by atoms with Gasteiger partial charge >= 0.3 is 0 Å². The van der Waals surface area contributed by atoms with Gasteiger partial charge in [0.1, 0.15) is 12.2 Å². The van der Waals surface area contributed by atoms with E-state index in [1.807, 2.05) is 60.7 Å². The molecule has 2 rings (SSSR count). The summed E-state index contributed by atoms with van der Waals surface area (Å²) in [5.41, 5.74) is 1.89. The molecule has 0 bridgehead atoms. The van der Waals surface area contributed by atoms with Crippen LogP contribution in [0.3, 0.4) is 0 Å². The van der Waals surface area contributed by atoms with Gasteiger partial charge in [0.2, 0.25) is 0 Å². The van der Waals surface area contributed by atoms with Crippen molar-refractivity contribution in [1.82, 2.24) is 4.67 Å². The second-order valence-corrected chi connectivity index (χ2v) is 8.90. The van der Waals surface area contributed by atoms with Crippen LogP contribution >= 0.6 is 8.53 Å². The average molecular weight is 423 g/mol. The fraction of sp³-hybridized carbons (Fsp3) is 0.417. The first-order chi connectivity index (χ1) is 14.5. The average Bonchev–Trinajstić information content (AvgIpc) is 2.73. The molecule has 0 saturated heterocycles. The van der Waals surface area contributed by atoms with E-state index in [1.54, 1.807) is 0 Å². The van der Waals surface area contributed by atoms with Crippen LogP contribution in [0.2, 0.25) is 0 Å². The molecule has 0 saturated carbocycles. The van der Waals surface area contributed by atoms with E-state index in [0.717, 1.165) is 11.1 Å². The zero-order chi connectivity index (χ0) is 21.9. The molecule has 0 aliphatic rings. The van der Waals surface area contributed by atoms with E-state index in [-0.39, 0.29) is 24.9 Å². The maximum Gasteiger partial charge on any atom is 0.260 e. The predicted molar refractivity (Wildman–Crippen MR) is 120 cm³/mol. The van der Waals surface area contributed by atoms with Gasteiger partial charge in [-0.1, -0.05) is 60.7 Å². The maximum absolute atomic E-state index is 9.39. The molecule has 0 aliphatic carbocycles. The van der Waals surface area contributed by atoms with Crippen molar-refractivity contribution in [3.63, 3.8) is 0 Å². The highest BCUT2D eigenvalue weighted by Gasteiger charge is 2.33. The minimum absolute atomic E-state index is 0.174. The van der Waals surface area contributed by atoms with Crippen LogP contribution < -0.4 is 0 Å². The molecule has 0 N–H and O–H groups in total. The van der Waals surface area contributed by atoms with Gasteiger partial charge in [-0.15, -0.1) is 0 Å². The van der Waals surface area contributed by atoms with Crippen LogP contribution in [0.15, 0.2) is 60.7 Å². The monoisotopic (exact) mass is 423 g/mol. The van der Waals surface area contributed by atoms with Crippen molar-refractivity contribution in [3.8, 4) is 12.1 Å². The molecule has 0 fully saturated rings. The molecule has 5 nitrogen and oxygen atoms in total. The van der Waals surface area contributed by atoms with Gasteiger partial charge in [0, 0.05) is 12.1 Å². The van der Waals surface area contributed by atoms with E-state index in [9.17, 15) is 10.5 Å². The van der Waals surface area contributed by atoms with Crippen LogP contribution in [-0.4, -0.2) is 16.8 Å². The molecule has 0 aromatic heterocycles. The van der Waals surface area contributed by atoms with E-state index >= 15 is 0 Å². The normalized spacial score (nSPS) is 13.4. The third-order valence-corrected chi connectivity index (χ3v) is 6.75. The predicted octanol–water partition coefficient (Wildman–Crippen LogP) is 6.68. The highest BCUT2D eigenvalue weighted by molar-refractivity contribution is 7.44. The summed E-state index contributed by atoms with van der Waals surface area (Å²) in [4.78, 5) is 0. The molecule has 0 spiro atoms. The minimum atomic E-state index is -1.52. The standard InChI is InChI=1S/C24H30N3O2P/c1-19(2)27(20(3)4)30(28-23(15-17-25)21-11-7-5-8-12-21)29-24(16-18-26)22-13-9-6-10-14-22/h5-14,19-20,23-24H,15-16H2,1-4H3/t23-,24-/m1/s1. The summed E-state index contributed by atoms with van der Waals surface area (Å²) < 4.78 is 15.2. The zero-order valence-corrected chi connectivity index (χ0v) is 19.0. The Kier molecular flexibility index (Phi) is 9.95. The molecule has 0 unspecified atom stereocenters. The van der Waals surface area contributed by atoms with Crippen LogP contribution in [0.25, 0.3) is 0 Å². The summed E-state index contributed by atoms with van der Waals surface area (Å²) in [7, 11) is -1.52. The smallest absolute Gasteiger partial charge is 0.260 e. The number of nitriles is 2. The molecule has 0 heterocycles. The third kappa shape index (κ3) is 6.91. The SMILES string of the molecule is CC(C)N(C(C)C)P(O[C@H](CC#N)c1ccccc1)O[C@H](CC#N)c1ccccc1. The summed E-state index contributed by atoms with van der Waals surface area (Å²) in [6, 6.07) is 24.3. The number of rotatable bonds is 11. The maximum atomic E-state index is 9.39. The van der Waals surface area contributed by atoms with Gasteiger partial charge in [0.25, 0.3) is 8.53 Å². The van der Waals surface area contributed by atoms with Gasteiger partial charge in [0.15, 0.2) is 0 Å². The first-order valence-corrected chi connectivity index (χ1v) is 11.4. The Hall–Kier alpha value is -2.27. The fourth-order valence-corrected chi connectivity index (χ4v) is 5.11. The summed E-state index contributed by atoms with van der Waals surface area (Å²) in [5.74, 6) is 0. The molecule has 0 amide bonds. The van der Waals surface area contributed by atoms with Crippen molar-refractivity contribution in [2.45, 2.75) is 64.8 Å². The Balaban J connectivity index is 2.38. The van der Waals surface area contributed by atoms with Gasteiger partial charge in [-0.05, 0) is 38.8 Å². The van der Waals surface area contributed by atoms with Crippen LogP contribution in [-0.2, 0) is 9.05 Å². The molecule has 2 aromatic rings. The highest BCUT2D eigenvalue weighted by atomic mass is 31.2. The van der Waals surface area contributed by atoms with Crippen LogP contribution in [0.5, 0.6) is 0 Å². The fourth-order valence-electron chi connectivity index (χ4n) is 3.26. The summed E-state index contributed by atoms with van der Waals surface area (Å²) in [6.45, 7) is 8.41. The largest absolute Gasteiger partial charge is 0.313 e. The van der Waals surface area contributed by atoms with Gasteiger partial charge < -0.3 is 9.05 Å². The first kappa shape index (κ1) is 24.0. The van der Waals surface area contributed by atoms with Crippen molar-refractivity contribution < 1.29 is 9.05 Å². The lowest BCUT2D eigenvalue weighted by Gasteiger charge is -2.38. The van der Waals surface area contributed by atoms with Crippen LogP contribution in [0.4, 0.5) is 0 Å². The lowest BCUT2D eigenvalue weighted by Crippen LogP contribution is -2.34.